The van der Waals surface area contributed by atoms with Gasteiger partial charge in [0.1, 0.15) is 5.82 Å². The van der Waals surface area contributed by atoms with Crippen LogP contribution in [0.15, 0.2) is 0 Å². The summed E-state index contributed by atoms with van der Waals surface area (Å²) in [5.41, 5.74) is 0. The van der Waals surface area contributed by atoms with Crippen molar-refractivity contribution < 1.29 is 4.79 Å². The van der Waals surface area contributed by atoms with Gasteiger partial charge in [-0.05, 0) is 38.0 Å². The molecular weight excluding hydrogens is 252 g/mol. The summed E-state index contributed by atoms with van der Waals surface area (Å²) in [6.07, 6.45) is 8.35. The van der Waals surface area contributed by atoms with Gasteiger partial charge in [-0.1, -0.05) is 19.8 Å². The normalized spacial score (nSPS) is 23.6. The Kier molecular flexibility index (Phi) is 4.03. The van der Waals surface area contributed by atoms with Crippen molar-refractivity contribution in [2.24, 2.45) is 5.92 Å². The van der Waals surface area contributed by atoms with E-state index in [1.165, 1.54) is 32.1 Å². The zero-order valence-corrected chi connectivity index (χ0v) is 12.3. The second kappa shape index (κ2) is 5.94. The number of hydrogen-bond donors (Lipinski definition) is 1. The van der Waals surface area contributed by atoms with E-state index in [2.05, 4.69) is 22.1 Å². The zero-order valence-electron chi connectivity index (χ0n) is 12.3. The van der Waals surface area contributed by atoms with Gasteiger partial charge in [0.25, 0.3) is 5.91 Å². The Morgan fingerprint density at radius 2 is 2.15 bits per heavy atom. The smallest absolute Gasteiger partial charge is 0.293 e. The minimum Gasteiger partial charge on any atom is -0.336 e. The highest BCUT2D eigenvalue weighted by atomic mass is 16.2. The third-order valence-corrected chi connectivity index (χ3v) is 4.49. The van der Waals surface area contributed by atoms with Gasteiger partial charge in [0.2, 0.25) is 5.82 Å². The molecule has 110 valence electrons. The molecule has 5 nitrogen and oxygen atoms in total. The SMILES string of the molecule is CCCC1CCCN(C(=O)c2n[nH]c(C3CC3)n2)CC1. The van der Waals surface area contributed by atoms with Gasteiger partial charge in [-0.15, -0.1) is 5.10 Å². The first-order chi connectivity index (χ1) is 9.78. The van der Waals surface area contributed by atoms with Gasteiger partial charge in [-0.2, -0.15) is 0 Å². The molecule has 1 saturated heterocycles. The summed E-state index contributed by atoms with van der Waals surface area (Å²) in [5.74, 6) is 2.56. The van der Waals surface area contributed by atoms with Crippen LogP contribution < -0.4 is 0 Å². The number of hydrogen-bond acceptors (Lipinski definition) is 3. The van der Waals surface area contributed by atoms with Crippen molar-refractivity contribution in [2.75, 3.05) is 13.1 Å². The monoisotopic (exact) mass is 276 g/mol. The lowest BCUT2D eigenvalue weighted by Crippen LogP contribution is -2.32. The van der Waals surface area contributed by atoms with Crippen LogP contribution in [0.1, 0.15) is 74.2 Å². The molecule has 1 unspecified atom stereocenters. The highest BCUT2D eigenvalue weighted by Crippen LogP contribution is 2.37. The van der Waals surface area contributed by atoms with Gasteiger partial charge in [0.15, 0.2) is 0 Å². The minimum atomic E-state index is 0.00491. The summed E-state index contributed by atoms with van der Waals surface area (Å²) in [4.78, 5) is 18.8. The second-order valence-corrected chi connectivity index (χ2v) is 6.20. The standard InChI is InChI=1S/C15H24N4O/c1-2-4-11-5-3-9-19(10-8-11)15(20)14-16-13(17-18-14)12-6-7-12/h11-12H,2-10H2,1H3,(H,16,17,18). The van der Waals surface area contributed by atoms with E-state index < -0.39 is 0 Å². The lowest BCUT2D eigenvalue weighted by molar-refractivity contribution is 0.0748. The molecule has 0 bridgehead atoms. The van der Waals surface area contributed by atoms with Gasteiger partial charge >= 0.3 is 0 Å². The Labute approximate surface area is 120 Å². The number of carbonyl (C=O) groups is 1. The highest BCUT2D eigenvalue weighted by molar-refractivity contribution is 5.90. The van der Waals surface area contributed by atoms with Gasteiger partial charge in [-0.25, -0.2) is 4.98 Å². The Balaban J connectivity index is 1.60. The van der Waals surface area contributed by atoms with Crippen LogP contribution in [0.3, 0.4) is 0 Å². The minimum absolute atomic E-state index is 0.00491. The molecule has 0 aromatic carbocycles. The average molecular weight is 276 g/mol. The number of rotatable bonds is 4. The predicted octanol–water partition coefficient (Wildman–Crippen LogP) is 2.72. The largest absolute Gasteiger partial charge is 0.336 e. The summed E-state index contributed by atoms with van der Waals surface area (Å²) in [6.45, 7) is 3.95. The maximum absolute atomic E-state index is 12.5. The molecule has 1 aromatic rings. The average Bonchev–Trinajstić information content (AvgIpc) is 3.23. The van der Waals surface area contributed by atoms with Gasteiger partial charge in [0, 0.05) is 19.0 Å². The van der Waals surface area contributed by atoms with Crippen LogP contribution in [0.2, 0.25) is 0 Å². The van der Waals surface area contributed by atoms with E-state index in [4.69, 9.17) is 0 Å². The fraction of sp³-hybridized carbons (Fsp3) is 0.800. The fourth-order valence-electron chi connectivity index (χ4n) is 3.12. The van der Waals surface area contributed by atoms with Crippen LogP contribution in [-0.4, -0.2) is 39.1 Å². The number of aromatic nitrogens is 3. The third kappa shape index (κ3) is 3.02. The number of carbonyl (C=O) groups excluding carboxylic acids is 1. The number of H-pyrrole nitrogens is 1. The van der Waals surface area contributed by atoms with E-state index in [1.54, 1.807) is 0 Å². The first kappa shape index (κ1) is 13.6. The van der Waals surface area contributed by atoms with Gasteiger partial charge in [-0.3, -0.25) is 9.89 Å². The molecule has 2 fully saturated rings. The van der Waals surface area contributed by atoms with Crippen molar-refractivity contribution in [1.82, 2.24) is 20.1 Å². The number of amides is 1. The van der Waals surface area contributed by atoms with Crippen molar-refractivity contribution >= 4 is 5.91 Å². The maximum Gasteiger partial charge on any atom is 0.293 e. The highest BCUT2D eigenvalue weighted by Gasteiger charge is 2.29. The molecule has 1 amide bonds. The van der Waals surface area contributed by atoms with Crippen molar-refractivity contribution in [3.63, 3.8) is 0 Å². The molecule has 1 atom stereocenters. The molecule has 1 saturated carbocycles. The number of nitrogens with zero attached hydrogens (tertiary/aromatic N) is 3. The lowest BCUT2D eigenvalue weighted by atomic mass is 9.96. The summed E-state index contributed by atoms with van der Waals surface area (Å²) < 4.78 is 0. The van der Waals surface area contributed by atoms with E-state index in [-0.39, 0.29) is 5.91 Å². The topological polar surface area (TPSA) is 61.9 Å². The first-order valence-electron chi connectivity index (χ1n) is 7.99. The Morgan fingerprint density at radius 3 is 2.90 bits per heavy atom. The Bertz CT molecular complexity index is 466. The molecule has 20 heavy (non-hydrogen) atoms. The van der Waals surface area contributed by atoms with Crippen molar-refractivity contribution in [1.29, 1.82) is 0 Å². The maximum atomic E-state index is 12.5. The second-order valence-electron chi connectivity index (χ2n) is 6.20. The van der Waals surface area contributed by atoms with Gasteiger partial charge < -0.3 is 4.90 Å². The molecule has 2 heterocycles. The summed E-state index contributed by atoms with van der Waals surface area (Å²) in [7, 11) is 0. The molecule has 1 aliphatic carbocycles. The van der Waals surface area contributed by atoms with E-state index in [0.717, 1.165) is 37.7 Å². The van der Waals surface area contributed by atoms with Crippen LogP contribution in [0, 0.1) is 5.92 Å². The van der Waals surface area contributed by atoms with Crippen LogP contribution in [-0.2, 0) is 0 Å². The zero-order chi connectivity index (χ0) is 13.9. The fourth-order valence-corrected chi connectivity index (χ4v) is 3.12. The van der Waals surface area contributed by atoms with Crippen LogP contribution in [0.25, 0.3) is 0 Å². The van der Waals surface area contributed by atoms with Crippen molar-refractivity contribution in [3.8, 4) is 0 Å². The summed E-state index contributed by atoms with van der Waals surface area (Å²) in [6, 6.07) is 0. The van der Waals surface area contributed by atoms with E-state index in [0.29, 0.717) is 11.7 Å². The summed E-state index contributed by atoms with van der Waals surface area (Å²) in [5, 5.41) is 7.03. The van der Waals surface area contributed by atoms with Crippen LogP contribution >= 0.6 is 0 Å². The molecule has 5 heteroatoms. The van der Waals surface area contributed by atoms with Crippen LogP contribution in [0.5, 0.6) is 0 Å². The molecule has 1 N–H and O–H groups in total. The molecular formula is C15H24N4O. The Morgan fingerprint density at radius 1 is 1.30 bits per heavy atom. The Hall–Kier alpha value is -1.39. The molecule has 0 spiro atoms. The van der Waals surface area contributed by atoms with Crippen LogP contribution in [0.4, 0.5) is 0 Å². The first-order valence-corrected chi connectivity index (χ1v) is 7.99. The van der Waals surface area contributed by atoms with Crippen molar-refractivity contribution in [3.05, 3.63) is 11.6 Å². The van der Waals surface area contributed by atoms with E-state index >= 15 is 0 Å². The number of likely N-dealkylation sites (tertiary alicyclic amines) is 1. The quantitative estimate of drug-likeness (QED) is 0.919. The summed E-state index contributed by atoms with van der Waals surface area (Å²) >= 11 is 0. The van der Waals surface area contributed by atoms with Gasteiger partial charge in [0.05, 0.1) is 0 Å². The number of nitrogens with one attached hydrogen (secondary N) is 1. The van der Waals surface area contributed by atoms with E-state index in [9.17, 15) is 4.79 Å². The molecule has 0 radical (unpaired) electrons. The number of aromatic amines is 1. The third-order valence-electron chi connectivity index (χ3n) is 4.49. The predicted molar refractivity (Wildman–Crippen MR) is 76.5 cm³/mol. The van der Waals surface area contributed by atoms with Crippen molar-refractivity contribution in [2.45, 2.75) is 57.8 Å². The lowest BCUT2D eigenvalue weighted by Gasteiger charge is -2.18. The molecule has 1 aromatic heterocycles. The molecule has 3 rings (SSSR count). The molecule has 2 aliphatic rings. The molecule has 1 aliphatic heterocycles. The van der Waals surface area contributed by atoms with E-state index in [1.807, 2.05) is 4.90 Å².